The van der Waals surface area contributed by atoms with E-state index in [-0.39, 0.29) is 29.8 Å². The smallest absolute Gasteiger partial charge is 0.200 e. The molecule has 4 heteroatoms. The molecule has 1 saturated carbocycles. The second-order valence-corrected chi connectivity index (χ2v) is 17.5. The fourth-order valence-electron chi connectivity index (χ4n) is 6.81. The van der Waals surface area contributed by atoms with Gasteiger partial charge in [-0.25, -0.2) is 0 Å². The molecule has 0 amide bonds. The number of allylic oxidation sites excluding steroid dienone is 1. The van der Waals surface area contributed by atoms with Crippen LogP contribution in [0.4, 0.5) is 0 Å². The van der Waals surface area contributed by atoms with E-state index in [1.807, 2.05) is 6.92 Å². The first kappa shape index (κ1) is 27.1. The van der Waals surface area contributed by atoms with E-state index in [1.54, 1.807) is 5.57 Å². The first-order chi connectivity index (χ1) is 14.3. The van der Waals surface area contributed by atoms with E-state index < -0.39 is 8.32 Å². The number of ether oxygens (including phenoxy) is 1. The van der Waals surface area contributed by atoms with Gasteiger partial charge in [-0.05, 0) is 69.0 Å². The summed E-state index contributed by atoms with van der Waals surface area (Å²) in [7, 11) is -2.01. The molecular weight excluding hydrogens is 400 g/mol. The van der Waals surface area contributed by atoms with Crippen molar-refractivity contribution in [3.8, 4) is 0 Å². The van der Waals surface area contributed by atoms with Gasteiger partial charge < -0.3 is 14.3 Å². The molecule has 0 aliphatic heterocycles. The SMILES string of the molecule is CC(C)[Si](O[C@@H]1[C@@H](C2=CCCCC2)C[C@H](O[C@H](C)C[C@H](C)O)C1(C)C)(C(C)C)C(C)C. The minimum absolute atomic E-state index is 0.0488. The van der Waals surface area contributed by atoms with Crippen LogP contribution in [0.1, 0.15) is 108 Å². The van der Waals surface area contributed by atoms with Gasteiger partial charge in [-0.15, -0.1) is 0 Å². The third kappa shape index (κ3) is 5.86. The van der Waals surface area contributed by atoms with Crippen LogP contribution in [-0.4, -0.2) is 37.8 Å². The van der Waals surface area contributed by atoms with Gasteiger partial charge in [0.2, 0.25) is 8.32 Å². The predicted molar refractivity (Wildman–Crippen MR) is 135 cm³/mol. The highest BCUT2D eigenvalue weighted by Crippen LogP contribution is 2.54. The molecule has 182 valence electrons. The molecule has 0 bridgehead atoms. The van der Waals surface area contributed by atoms with E-state index in [1.165, 1.54) is 25.7 Å². The van der Waals surface area contributed by atoms with Gasteiger partial charge in [-0.3, -0.25) is 0 Å². The van der Waals surface area contributed by atoms with E-state index in [4.69, 9.17) is 9.16 Å². The van der Waals surface area contributed by atoms with Crippen molar-refractivity contribution in [2.75, 3.05) is 0 Å². The maximum absolute atomic E-state index is 9.86. The van der Waals surface area contributed by atoms with Gasteiger partial charge in [0.25, 0.3) is 0 Å². The molecule has 1 fully saturated rings. The van der Waals surface area contributed by atoms with Gasteiger partial charge in [0, 0.05) is 11.3 Å². The highest BCUT2D eigenvalue weighted by Gasteiger charge is 2.57. The topological polar surface area (TPSA) is 38.7 Å². The zero-order chi connectivity index (χ0) is 23.6. The highest BCUT2D eigenvalue weighted by atomic mass is 28.4. The van der Waals surface area contributed by atoms with Crippen LogP contribution in [0.2, 0.25) is 16.6 Å². The van der Waals surface area contributed by atoms with Crippen molar-refractivity contribution >= 4 is 8.32 Å². The quantitative estimate of drug-likeness (QED) is 0.273. The molecule has 2 rings (SSSR count). The average Bonchev–Trinajstić information content (AvgIpc) is 2.88. The normalized spacial score (nSPS) is 29.0. The lowest BCUT2D eigenvalue weighted by molar-refractivity contribution is -0.0832. The Kier molecular flexibility index (Phi) is 9.47. The number of hydrogen-bond donors (Lipinski definition) is 1. The van der Waals surface area contributed by atoms with Crippen molar-refractivity contribution < 1.29 is 14.3 Å². The molecule has 0 aromatic carbocycles. The Bertz CT molecular complexity index is 572. The summed E-state index contributed by atoms with van der Waals surface area (Å²) in [4.78, 5) is 0. The van der Waals surface area contributed by atoms with Gasteiger partial charge in [0.1, 0.15) is 0 Å². The highest BCUT2D eigenvalue weighted by molar-refractivity contribution is 6.77. The van der Waals surface area contributed by atoms with Crippen molar-refractivity contribution in [1.82, 2.24) is 0 Å². The van der Waals surface area contributed by atoms with E-state index in [0.717, 1.165) is 6.42 Å². The molecule has 0 unspecified atom stereocenters. The lowest BCUT2D eigenvalue weighted by Gasteiger charge is -2.48. The monoisotopic (exact) mass is 452 g/mol. The molecular formula is C27H52O3Si. The van der Waals surface area contributed by atoms with Crippen LogP contribution in [0.3, 0.4) is 0 Å². The fraction of sp³-hybridized carbons (Fsp3) is 0.926. The second kappa shape index (κ2) is 10.8. The largest absolute Gasteiger partial charge is 0.412 e. The third-order valence-electron chi connectivity index (χ3n) is 8.31. The zero-order valence-electron chi connectivity index (χ0n) is 22.2. The Hall–Kier alpha value is -0.163. The molecule has 2 aliphatic carbocycles. The van der Waals surface area contributed by atoms with Gasteiger partial charge in [0.15, 0.2) is 0 Å². The Morgan fingerprint density at radius 1 is 1.00 bits per heavy atom. The fourth-order valence-corrected chi connectivity index (χ4v) is 12.5. The van der Waals surface area contributed by atoms with Gasteiger partial charge in [-0.1, -0.05) is 67.0 Å². The van der Waals surface area contributed by atoms with Crippen LogP contribution < -0.4 is 0 Å². The molecule has 5 atom stereocenters. The molecule has 0 radical (unpaired) electrons. The van der Waals surface area contributed by atoms with Crippen LogP contribution in [0.5, 0.6) is 0 Å². The Morgan fingerprint density at radius 2 is 1.58 bits per heavy atom. The van der Waals surface area contributed by atoms with Gasteiger partial charge >= 0.3 is 0 Å². The molecule has 3 nitrogen and oxygen atoms in total. The Labute approximate surface area is 194 Å². The summed E-state index contributed by atoms with van der Waals surface area (Å²) >= 11 is 0. The Balaban J connectivity index is 2.42. The lowest BCUT2D eigenvalue weighted by atomic mass is 9.81. The van der Waals surface area contributed by atoms with E-state index in [0.29, 0.717) is 29.0 Å². The predicted octanol–water partition coefficient (Wildman–Crippen LogP) is 7.64. The minimum Gasteiger partial charge on any atom is -0.412 e. The standard InChI is InChI=1S/C27H52O3Si/c1-18(2)31(19(3)4,20(5)6)30-26-24(23-14-12-11-13-15-23)17-25(27(26,9)10)29-22(8)16-21(7)28/h14,18-22,24-26,28H,11-13,15-17H2,1-10H3/t21-,22+,24+,25-,26+/m0/s1. The summed E-state index contributed by atoms with van der Waals surface area (Å²) in [6.07, 6.45) is 9.42. The first-order valence-electron chi connectivity index (χ1n) is 13.0. The van der Waals surface area contributed by atoms with Crippen LogP contribution in [0, 0.1) is 11.3 Å². The van der Waals surface area contributed by atoms with Crippen LogP contribution in [0.15, 0.2) is 11.6 Å². The van der Waals surface area contributed by atoms with Crippen molar-refractivity contribution in [3.05, 3.63) is 11.6 Å². The first-order valence-corrected chi connectivity index (χ1v) is 15.2. The van der Waals surface area contributed by atoms with Crippen LogP contribution >= 0.6 is 0 Å². The van der Waals surface area contributed by atoms with Gasteiger partial charge in [0.05, 0.1) is 24.4 Å². The summed E-state index contributed by atoms with van der Waals surface area (Å²) in [6, 6.07) is 0. The number of hydrogen-bond acceptors (Lipinski definition) is 3. The van der Waals surface area contributed by atoms with E-state index in [2.05, 4.69) is 68.4 Å². The Morgan fingerprint density at radius 3 is 2.03 bits per heavy atom. The molecule has 31 heavy (non-hydrogen) atoms. The lowest BCUT2D eigenvalue weighted by Crippen LogP contribution is -2.54. The molecule has 0 saturated heterocycles. The number of aliphatic hydroxyl groups excluding tert-OH is 1. The third-order valence-corrected chi connectivity index (χ3v) is 14.4. The molecule has 1 N–H and O–H groups in total. The van der Waals surface area contributed by atoms with Gasteiger partial charge in [-0.2, -0.15) is 0 Å². The summed E-state index contributed by atoms with van der Waals surface area (Å²) in [5.74, 6) is 0.460. The molecule has 0 aromatic heterocycles. The maximum Gasteiger partial charge on any atom is 0.200 e. The minimum atomic E-state index is -2.01. The summed E-state index contributed by atoms with van der Waals surface area (Å²) in [5, 5.41) is 9.86. The van der Waals surface area contributed by atoms with Crippen LogP contribution in [-0.2, 0) is 9.16 Å². The van der Waals surface area contributed by atoms with Crippen LogP contribution in [0.25, 0.3) is 0 Å². The second-order valence-electron chi connectivity index (χ2n) is 12.1. The molecule has 0 spiro atoms. The van der Waals surface area contributed by atoms with E-state index >= 15 is 0 Å². The summed E-state index contributed by atoms with van der Waals surface area (Å²) in [5.41, 5.74) is 3.32. The summed E-state index contributed by atoms with van der Waals surface area (Å²) < 4.78 is 14.2. The maximum atomic E-state index is 9.86. The average molecular weight is 453 g/mol. The van der Waals surface area contributed by atoms with Crippen molar-refractivity contribution in [3.63, 3.8) is 0 Å². The number of aliphatic hydroxyl groups is 1. The molecule has 2 aliphatic rings. The zero-order valence-corrected chi connectivity index (χ0v) is 23.2. The van der Waals surface area contributed by atoms with Crippen molar-refractivity contribution in [2.45, 2.75) is 149 Å². The molecule has 0 heterocycles. The number of rotatable bonds is 10. The van der Waals surface area contributed by atoms with Crippen molar-refractivity contribution in [2.24, 2.45) is 11.3 Å². The van der Waals surface area contributed by atoms with E-state index in [9.17, 15) is 5.11 Å². The summed E-state index contributed by atoms with van der Waals surface area (Å²) in [6.45, 7) is 23.1. The van der Waals surface area contributed by atoms with Crippen molar-refractivity contribution in [1.29, 1.82) is 0 Å². The molecule has 0 aromatic rings.